The molecule has 1 saturated heterocycles. The van der Waals surface area contributed by atoms with Crippen LogP contribution in [0.15, 0.2) is 12.2 Å². The van der Waals surface area contributed by atoms with Gasteiger partial charge >= 0.3 is 0 Å². The molecule has 3 aliphatic rings. The normalized spacial score (nSPS) is 33.0. The Kier molecular flexibility index (Phi) is 4.39. The van der Waals surface area contributed by atoms with Gasteiger partial charge in [0.15, 0.2) is 0 Å². The molecule has 1 heterocycles. The Labute approximate surface area is 129 Å². The minimum Gasteiger partial charge on any atom is -0.343 e. The molecule has 21 heavy (non-hydrogen) atoms. The third-order valence-corrected chi connectivity index (χ3v) is 5.97. The summed E-state index contributed by atoms with van der Waals surface area (Å²) in [5.74, 6) is 3.21. The van der Waals surface area contributed by atoms with Crippen LogP contribution in [-0.4, -0.2) is 48.4 Å². The molecule has 0 aromatic rings. The highest BCUT2D eigenvalue weighted by Gasteiger charge is 2.37. The quantitative estimate of drug-likeness (QED) is 0.743. The summed E-state index contributed by atoms with van der Waals surface area (Å²) in [5, 5.41) is 0. The average Bonchev–Trinajstić information content (AvgIpc) is 3.09. The summed E-state index contributed by atoms with van der Waals surface area (Å²) in [6.07, 6.45) is 9.77. The number of carbonyl (C=O) groups is 1. The second-order valence-electron chi connectivity index (χ2n) is 7.66. The van der Waals surface area contributed by atoms with E-state index in [-0.39, 0.29) is 5.92 Å². The van der Waals surface area contributed by atoms with Crippen molar-refractivity contribution in [2.24, 2.45) is 23.7 Å². The van der Waals surface area contributed by atoms with Gasteiger partial charge in [-0.05, 0) is 70.4 Å². The highest BCUT2D eigenvalue weighted by Crippen LogP contribution is 2.43. The highest BCUT2D eigenvalue weighted by molar-refractivity contribution is 5.78. The van der Waals surface area contributed by atoms with E-state index in [2.05, 4.69) is 30.9 Å². The van der Waals surface area contributed by atoms with Gasteiger partial charge in [-0.25, -0.2) is 0 Å². The molecule has 3 heteroatoms. The van der Waals surface area contributed by atoms with Crippen LogP contribution in [0.4, 0.5) is 0 Å². The summed E-state index contributed by atoms with van der Waals surface area (Å²) in [6, 6.07) is 0.316. The number of likely N-dealkylation sites (tertiary alicyclic amines) is 1. The minimum absolute atomic E-state index is 0.258. The van der Waals surface area contributed by atoms with Gasteiger partial charge in [-0.1, -0.05) is 12.2 Å². The molecular formula is C18H30N2O. The van der Waals surface area contributed by atoms with Gasteiger partial charge in [0, 0.05) is 25.6 Å². The molecule has 3 atom stereocenters. The van der Waals surface area contributed by atoms with Crippen molar-refractivity contribution in [1.29, 1.82) is 0 Å². The molecule has 118 valence electrons. The van der Waals surface area contributed by atoms with Crippen LogP contribution < -0.4 is 0 Å². The molecule has 1 aliphatic heterocycles. The van der Waals surface area contributed by atoms with E-state index in [1.54, 1.807) is 0 Å². The van der Waals surface area contributed by atoms with Gasteiger partial charge in [-0.2, -0.15) is 0 Å². The number of nitrogens with zero attached hydrogens (tertiary/aromatic N) is 2. The Hall–Kier alpha value is -0.830. The van der Waals surface area contributed by atoms with E-state index in [1.807, 2.05) is 11.9 Å². The maximum Gasteiger partial charge on any atom is 0.225 e. The molecule has 3 rings (SSSR count). The van der Waals surface area contributed by atoms with Crippen molar-refractivity contribution in [1.82, 2.24) is 9.80 Å². The first-order valence-electron chi connectivity index (χ1n) is 8.72. The van der Waals surface area contributed by atoms with Crippen LogP contribution in [0.25, 0.3) is 0 Å². The van der Waals surface area contributed by atoms with Gasteiger partial charge in [-0.3, -0.25) is 4.79 Å². The fourth-order valence-electron chi connectivity index (χ4n) is 4.34. The van der Waals surface area contributed by atoms with E-state index < -0.39 is 0 Å². The van der Waals surface area contributed by atoms with Gasteiger partial charge in [0.25, 0.3) is 0 Å². The molecule has 2 aliphatic carbocycles. The van der Waals surface area contributed by atoms with Crippen LogP contribution in [0.1, 0.15) is 39.5 Å². The zero-order chi connectivity index (χ0) is 15.0. The van der Waals surface area contributed by atoms with Gasteiger partial charge in [-0.15, -0.1) is 0 Å². The Balaban J connectivity index is 1.45. The van der Waals surface area contributed by atoms with Crippen LogP contribution in [0.5, 0.6) is 0 Å². The van der Waals surface area contributed by atoms with Crippen LogP contribution in [0.2, 0.25) is 0 Å². The summed E-state index contributed by atoms with van der Waals surface area (Å²) in [7, 11) is 1.95. The lowest BCUT2D eigenvalue weighted by atomic mass is 9.90. The molecule has 2 bridgehead atoms. The SMILES string of the molecule is CC(C)N(C)C(=O)C1CCN(CC2CC3C=CC2C3)CC1. The third kappa shape index (κ3) is 3.18. The topological polar surface area (TPSA) is 23.6 Å². The van der Waals surface area contributed by atoms with Crippen molar-refractivity contribution in [3.8, 4) is 0 Å². The van der Waals surface area contributed by atoms with E-state index in [9.17, 15) is 4.79 Å². The van der Waals surface area contributed by atoms with Crippen molar-refractivity contribution in [2.75, 3.05) is 26.7 Å². The van der Waals surface area contributed by atoms with E-state index in [0.717, 1.165) is 43.7 Å². The Bertz CT molecular complexity index is 409. The first kappa shape index (κ1) is 15.1. The van der Waals surface area contributed by atoms with Crippen LogP contribution in [-0.2, 0) is 4.79 Å². The molecule has 0 aromatic carbocycles. The fourth-order valence-corrected chi connectivity index (χ4v) is 4.34. The molecule has 1 amide bonds. The first-order chi connectivity index (χ1) is 10.0. The largest absolute Gasteiger partial charge is 0.343 e. The maximum atomic E-state index is 12.4. The van der Waals surface area contributed by atoms with E-state index in [1.165, 1.54) is 19.4 Å². The number of rotatable bonds is 4. The van der Waals surface area contributed by atoms with Crippen molar-refractivity contribution in [3.63, 3.8) is 0 Å². The molecule has 0 N–H and O–H groups in total. The van der Waals surface area contributed by atoms with E-state index in [4.69, 9.17) is 0 Å². The summed E-state index contributed by atoms with van der Waals surface area (Å²) in [6.45, 7) is 7.66. The monoisotopic (exact) mass is 290 g/mol. The maximum absolute atomic E-state index is 12.4. The lowest BCUT2D eigenvalue weighted by Crippen LogP contribution is -2.44. The van der Waals surface area contributed by atoms with Crippen molar-refractivity contribution in [3.05, 3.63) is 12.2 Å². The Morgan fingerprint density at radius 3 is 2.48 bits per heavy atom. The molecule has 3 nitrogen and oxygen atoms in total. The molecule has 1 saturated carbocycles. The number of piperidine rings is 1. The van der Waals surface area contributed by atoms with Crippen LogP contribution in [0, 0.1) is 23.7 Å². The summed E-state index contributed by atoms with van der Waals surface area (Å²) in [5.41, 5.74) is 0. The average molecular weight is 290 g/mol. The van der Waals surface area contributed by atoms with Gasteiger partial charge in [0.05, 0.1) is 0 Å². The predicted octanol–water partition coefficient (Wildman–Crippen LogP) is 2.78. The number of allylic oxidation sites excluding steroid dienone is 2. The first-order valence-corrected chi connectivity index (χ1v) is 8.72. The number of carbonyl (C=O) groups excluding carboxylic acids is 1. The molecule has 3 unspecified atom stereocenters. The highest BCUT2D eigenvalue weighted by atomic mass is 16.2. The van der Waals surface area contributed by atoms with Crippen molar-refractivity contribution >= 4 is 5.91 Å². The van der Waals surface area contributed by atoms with Crippen LogP contribution in [0.3, 0.4) is 0 Å². The standard InChI is InChI=1S/C18H30N2O/c1-13(2)19(3)18(21)15-6-8-20(9-7-15)12-17-11-14-4-5-16(17)10-14/h4-5,13-17H,6-12H2,1-3H3. The summed E-state index contributed by atoms with van der Waals surface area (Å²) >= 11 is 0. The zero-order valence-corrected chi connectivity index (χ0v) is 13.8. The van der Waals surface area contributed by atoms with Crippen molar-refractivity contribution < 1.29 is 4.79 Å². The summed E-state index contributed by atoms with van der Waals surface area (Å²) in [4.78, 5) is 16.9. The van der Waals surface area contributed by atoms with Gasteiger partial charge in [0.2, 0.25) is 5.91 Å². The molecule has 0 spiro atoms. The third-order valence-electron chi connectivity index (χ3n) is 5.97. The van der Waals surface area contributed by atoms with Gasteiger partial charge < -0.3 is 9.80 Å². The molecular weight excluding hydrogens is 260 g/mol. The number of hydrogen-bond acceptors (Lipinski definition) is 2. The second-order valence-corrected chi connectivity index (χ2v) is 7.66. The minimum atomic E-state index is 0.258. The zero-order valence-electron chi connectivity index (χ0n) is 13.8. The Morgan fingerprint density at radius 2 is 1.95 bits per heavy atom. The summed E-state index contributed by atoms with van der Waals surface area (Å²) < 4.78 is 0. The number of hydrogen-bond donors (Lipinski definition) is 0. The number of amides is 1. The molecule has 2 fully saturated rings. The lowest BCUT2D eigenvalue weighted by molar-refractivity contribution is -0.137. The fraction of sp³-hybridized carbons (Fsp3) is 0.833. The molecule has 0 aromatic heterocycles. The van der Waals surface area contributed by atoms with Gasteiger partial charge in [0.1, 0.15) is 0 Å². The molecule has 0 radical (unpaired) electrons. The lowest BCUT2D eigenvalue weighted by Gasteiger charge is -2.36. The number of fused-ring (bicyclic) bond motifs is 2. The van der Waals surface area contributed by atoms with E-state index in [0.29, 0.717) is 11.9 Å². The predicted molar refractivity (Wildman–Crippen MR) is 85.9 cm³/mol. The smallest absolute Gasteiger partial charge is 0.225 e. The Morgan fingerprint density at radius 1 is 1.24 bits per heavy atom. The second kappa shape index (κ2) is 6.12. The van der Waals surface area contributed by atoms with E-state index >= 15 is 0 Å². The van der Waals surface area contributed by atoms with Crippen molar-refractivity contribution in [2.45, 2.75) is 45.6 Å². The van der Waals surface area contributed by atoms with Crippen LogP contribution >= 0.6 is 0 Å².